The molecule has 1 aromatic carbocycles. The zero-order chi connectivity index (χ0) is 11.7. The maximum Gasteiger partial charge on any atom is 0.241 e. The van der Waals surface area contributed by atoms with Gasteiger partial charge in [0.1, 0.15) is 0 Å². The second-order valence-corrected chi connectivity index (χ2v) is 4.57. The van der Waals surface area contributed by atoms with Crippen LogP contribution in [0.25, 0.3) is 0 Å². The molecule has 3 heteroatoms. The molecule has 0 bridgehead atoms. The largest absolute Gasteiger partial charge is 0.310 e. The van der Waals surface area contributed by atoms with Crippen molar-refractivity contribution in [2.45, 2.75) is 13.8 Å². The Kier molecular flexibility index (Phi) is 2.97. The number of hydrogen-bond donors (Lipinski definition) is 0. The van der Waals surface area contributed by atoms with Crippen LogP contribution in [0.4, 0.5) is 5.69 Å². The molecule has 1 fully saturated rings. The molecule has 1 saturated heterocycles. The summed E-state index contributed by atoms with van der Waals surface area (Å²) in [5, 5.41) is 0. The number of nitrogens with zero attached hydrogens (tertiary/aromatic N) is 2. The number of piperazine rings is 1. The quantitative estimate of drug-likeness (QED) is 0.714. The fourth-order valence-electron chi connectivity index (χ4n) is 2.06. The number of amides is 1. The summed E-state index contributed by atoms with van der Waals surface area (Å²) in [5.41, 5.74) is 3.44. The third kappa shape index (κ3) is 2.09. The van der Waals surface area contributed by atoms with Crippen molar-refractivity contribution >= 4 is 11.6 Å². The molecule has 0 unspecified atom stereocenters. The van der Waals surface area contributed by atoms with Crippen molar-refractivity contribution in [3.63, 3.8) is 0 Å². The van der Waals surface area contributed by atoms with E-state index in [9.17, 15) is 4.79 Å². The zero-order valence-corrected chi connectivity index (χ0v) is 10.2. The maximum atomic E-state index is 12.0. The van der Waals surface area contributed by atoms with E-state index in [-0.39, 0.29) is 5.91 Å². The highest BCUT2D eigenvalue weighted by molar-refractivity contribution is 5.96. The summed E-state index contributed by atoms with van der Waals surface area (Å²) in [6, 6.07) is 6.26. The molecule has 0 atom stereocenters. The molecular weight excluding hydrogens is 200 g/mol. The predicted molar refractivity (Wildman–Crippen MR) is 65.8 cm³/mol. The molecule has 0 spiro atoms. The van der Waals surface area contributed by atoms with Crippen LogP contribution in [0.5, 0.6) is 0 Å². The lowest BCUT2D eigenvalue weighted by Crippen LogP contribution is -2.49. The molecule has 3 nitrogen and oxygen atoms in total. The topological polar surface area (TPSA) is 23.6 Å². The van der Waals surface area contributed by atoms with E-state index in [1.165, 1.54) is 11.1 Å². The predicted octanol–water partition coefficient (Wildman–Crippen LogP) is 1.58. The number of benzene rings is 1. The Morgan fingerprint density at radius 2 is 1.94 bits per heavy atom. The number of hydrogen-bond acceptors (Lipinski definition) is 2. The molecule has 0 aromatic heterocycles. The van der Waals surface area contributed by atoms with Gasteiger partial charge in [0.15, 0.2) is 0 Å². The van der Waals surface area contributed by atoms with Crippen LogP contribution in [0.15, 0.2) is 18.2 Å². The van der Waals surface area contributed by atoms with Crippen LogP contribution in [-0.2, 0) is 4.79 Å². The molecule has 0 aliphatic carbocycles. The molecule has 2 rings (SSSR count). The number of aryl methyl sites for hydroxylation is 2. The Labute approximate surface area is 96.7 Å². The van der Waals surface area contributed by atoms with Crippen LogP contribution in [0, 0.1) is 13.8 Å². The van der Waals surface area contributed by atoms with Crippen molar-refractivity contribution in [1.29, 1.82) is 0 Å². The smallest absolute Gasteiger partial charge is 0.241 e. The van der Waals surface area contributed by atoms with Crippen molar-refractivity contribution < 1.29 is 4.79 Å². The Morgan fingerprint density at radius 3 is 2.62 bits per heavy atom. The Hall–Kier alpha value is -1.35. The van der Waals surface area contributed by atoms with Crippen molar-refractivity contribution in [2.75, 3.05) is 31.6 Å². The van der Waals surface area contributed by atoms with Gasteiger partial charge in [0.25, 0.3) is 0 Å². The van der Waals surface area contributed by atoms with Crippen LogP contribution in [0.3, 0.4) is 0 Å². The van der Waals surface area contributed by atoms with E-state index in [0.717, 1.165) is 18.8 Å². The average Bonchev–Trinajstić information content (AvgIpc) is 2.22. The molecular formula is C13H18N2O. The molecule has 1 aliphatic heterocycles. The summed E-state index contributed by atoms with van der Waals surface area (Å²) in [5.74, 6) is 0.197. The van der Waals surface area contributed by atoms with Gasteiger partial charge in [0.2, 0.25) is 5.91 Å². The first kappa shape index (κ1) is 11.1. The lowest BCUT2D eigenvalue weighted by atomic mass is 10.1. The van der Waals surface area contributed by atoms with E-state index >= 15 is 0 Å². The van der Waals surface area contributed by atoms with Gasteiger partial charge in [-0.2, -0.15) is 0 Å². The number of rotatable bonds is 1. The first-order valence-electron chi connectivity index (χ1n) is 5.64. The summed E-state index contributed by atoms with van der Waals surface area (Å²) in [6.45, 7) is 6.37. The lowest BCUT2D eigenvalue weighted by Gasteiger charge is -2.33. The molecule has 16 heavy (non-hydrogen) atoms. The molecule has 0 radical (unpaired) electrons. The molecule has 86 valence electrons. The minimum atomic E-state index is 0.197. The molecule has 1 aliphatic rings. The van der Waals surface area contributed by atoms with E-state index < -0.39 is 0 Å². The zero-order valence-electron chi connectivity index (χ0n) is 10.2. The molecule has 0 saturated carbocycles. The lowest BCUT2D eigenvalue weighted by molar-refractivity contribution is -0.120. The highest BCUT2D eigenvalue weighted by Gasteiger charge is 2.23. The van der Waals surface area contributed by atoms with Crippen LogP contribution >= 0.6 is 0 Å². The number of anilines is 1. The van der Waals surface area contributed by atoms with Gasteiger partial charge < -0.3 is 4.90 Å². The normalized spacial score (nSPS) is 17.9. The van der Waals surface area contributed by atoms with Gasteiger partial charge in [0.05, 0.1) is 6.54 Å². The van der Waals surface area contributed by atoms with E-state index in [2.05, 4.69) is 36.9 Å². The minimum absolute atomic E-state index is 0.197. The summed E-state index contributed by atoms with van der Waals surface area (Å²) in [7, 11) is 1.98. The van der Waals surface area contributed by atoms with E-state index in [0.29, 0.717) is 6.54 Å². The molecule has 1 amide bonds. The van der Waals surface area contributed by atoms with Crippen molar-refractivity contribution in [1.82, 2.24) is 4.90 Å². The van der Waals surface area contributed by atoms with Crippen LogP contribution in [0.2, 0.25) is 0 Å². The summed E-state index contributed by atoms with van der Waals surface area (Å²) in [6.07, 6.45) is 0. The monoisotopic (exact) mass is 218 g/mol. The Balaban J connectivity index is 2.30. The first-order chi connectivity index (χ1) is 7.58. The SMILES string of the molecule is Cc1ccc(C)c(N2CCN(C)CC2=O)c1. The Morgan fingerprint density at radius 1 is 1.19 bits per heavy atom. The van der Waals surface area contributed by atoms with E-state index in [1.807, 2.05) is 11.9 Å². The maximum absolute atomic E-state index is 12.0. The summed E-state index contributed by atoms with van der Waals surface area (Å²) >= 11 is 0. The molecule has 0 N–H and O–H groups in total. The average molecular weight is 218 g/mol. The van der Waals surface area contributed by atoms with Gasteiger partial charge in [-0.3, -0.25) is 9.69 Å². The van der Waals surface area contributed by atoms with Crippen LogP contribution in [-0.4, -0.2) is 37.5 Å². The summed E-state index contributed by atoms with van der Waals surface area (Å²) in [4.78, 5) is 15.9. The third-order valence-corrected chi connectivity index (χ3v) is 3.07. The van der Waals surface area contributed by atoms with Gasteiger partial charge in [-0.1, -0.05) is 12.1 Å². The molecule has 1 heterocycles. The highest BCUT2D eigenvalue weighted by Crippen LogP contribution is 2.23. The van der Waals surface area contributed by atoms with E-state index in [1.54, 1.807) is 0 Å². The minimum Gasteiger partial charge on any atom is -0.310 e. The third-order valence-electron chi connectivity index (χ3n) is 3.07. The standard InChI is InChI=1S/C13H18N2O/c1-10-4-5-11(2)12(8-10)15-7-6-14(3)9-13(15)16/h4-5,8H,6-7,9H2,1-3H3. The van der Waals surface area contributed by atoms with Crippen LogP contribution < -0.4 is 4.90 Å². The fourth-order valence-corrected chi connectivity index (χ4v) is 2.06. The molecule has 1 aromatic rings. The Bertz CT molecular complexity index is 414. The van der Waals surface area contributed by atoms with Crippen molar-refractivity contribution in [3.8, 4) is 0 Å². The van der Waals surface area contributed by atoms with Crippen LogP contribution in [0.1, 0.15) is 11.1 Å². The number of carbonyl (C=O) groups is 1. The van der Waals surface area contributed by atoms with Gasteiger partial charge in [-0.15, -0.1) is 0 Å². The highest BCUT2D eigenvalue weighted by atomic mass is 16.2. The summed E-state index contributed by atoms with van der Waals surface area (Å²) < 4.78 is 0. The van der Waals surface area contributed by atoms with E-state index in [4.69, 9.17) is 0 Å². The number of carbonyl (C=O) groups excluding carboxylic acids is 1. The van der Waals surface area contributed by atoms with Gasteiger partial charge in [-0.25, -0.2) is 0 Å². The fraction of sp³-hybridized carbons (Fsp3) is 0.462. The second kappa shape index (κ2) is 4.26. The first-order valence-corrected chi connectivity index (χ1v) is 5.64. The van der Waals surface area contributed by atoms with Crippen molar-refractivity contribution in [3.05, 3.63) is 29.3 Å². The number of likely N-dealkylation sites (N-methyl/N-ethyl adjacent to an activating group) is 1. The second-order valence-electron chi connectivity index (χ2n) is 4.57. The van der Waals surface area contributed by atoms with Gasteiger partial charge >= 0.3 is 0 Å². The van der Waals surface area contributed by atoms with Crippen molar-refractivity contribution in [2.24, 2.45) is 0 Å². The van der Waals surface area contributed by atoms with Gasteiger partial charge in [-0.05, 0) is 38.1 Å². The van der Waals surface area contributed by atoms with Gasteiger partial charge in [0, 0.05) is 18.8 Å².